The van der Waals surface area contributed by atoms with Crippen LogP contribution in [-0.4, -0.2) is 9.55 Å². The van der Waals surface area contributed by atoms with Crippen LogP contribution in [-0.2, 0) is 5.54 Å². The Morgan fingerprint density at radius 2 is 1.81 bits per heavy atom. The Morgan fingerprint density at radius 1 is 1.05 bits per heavy atom. The van der Waals surface area contributed by atoms with Crippen molar-refractivity contribution in [2.75, 3.05) is 5.32 Å². The summed E-state index contributed by atoms with van der Waals surface area (Å²) in [5.41, 5.74) is 2.54. The van der Waals surface area contributed by atoms with Gasteiger partial charge in [0.25, 0.3) is 0 Å². The lowest BCUT2D eigenvalue weighted by Gasteiger charge is -2.24. The molecule has 1 N–H and O–H groups in total. The third-order valence-electron chi connectivity index (χ3n) is 3.31. The van der Waals surface area contributed by atoms with Gasteiger partial charge in [-0.2, -0.15) is 0 Å². The Morgan fingerprint density at radius 3 is 2.52 bits per heavy atom. The number of halogens is 1. The van der Waals surface area contributed by atoms with Crippen LogP contribution in [0.4, 0.5) is 16.0 Å². The number of fused-ring (bicyclic) bond motifs is 1. The van der Waals surface area contributed by atoms with Gasteiger partial charge in [-0.05, 0) is 51.1 Å². The summed E-state index contributed by atoms with van der Waals surface area (Å²) in [4.78, 5) is 4.63. The highest BCUT2D eigenvalue weighted by Gasteiger charge is 2.21. The monoisotopic (exact) mass is 283 g/mol. The smallest absolute Gasteiger partial charge is 0.208 e. The number of aromatic nitrogens is 2. The van der Waals surface area contributed by atoms with Crippen molar-refractivity contribution in [3.05, 3.63) is 54.3 Å². The first kappa shape index (κ1) is 13.6. The van der Waals surface area contributed by atoms with Gasteiger partial charge in [0.15, 0.2) is 0 Å². The molecule has 0 aliphatic heterocycles. The number of nitrogens with zero attached hydrogens (tertiary/aromatic N) is 2. The molecular weight excluding hydrogens is 265 g/mol. The van der Waals surface area contributed by atoms with Gasteiger partial charge in [0.2, 0.25) is 5.95 Å². The van der Waals surface area contributed by atoms with Crippen LogP contribution >= 0.6 is 0 Å². The van der Waals surface area contributed by atoms with Gasteiger partial charge in [-0.1, -0.05) is 18.2 Å². The fraction of sp³-hybridized carbons (Fsp3) is 0.235. The summed E-state index contributed by atoms with van der Waals surface area (Å²) in [6.07, 6.45) is 0. The van der Waals surface area contributed by atoms with E-state index in [0.29, 0.717) is 11.6 Å². The Kier molecular flexibility index (Phi) is 3.16. The molecule has 3 nitrogen and oxygen atoms in total. The highest BCUT2D eigenvalue weighted by atomic mass is 19.1. The number of hydrogen-bond donors (Lipinski definition) is 1. The molecule has 0 aliphatic rings. The van der Waals surface area contributed by atoms with E-state index in [1.54, 1.807) is 6.07 Å². The molecule has 0 aliphatic carbocycles. The topological polar surface area (TPSA) is 29.9 Å². The van der Waals surface area contributed by atoms with Gasteiger partial charge in [0, 0.05) is 11.2 Å². The van der Waals surface area contributed by atoms with Crippen LogP contribution in [0, 0.1) is 5.82 Å². The molecule has 1 heterocycles. The third kappa shape index (κ3) is 2.61. The first-order chi connectivity index (χ1) is 9.95. The number of benzene rings is 2. The zero-order chi connectivity index (χ0) is 15.0. The normalized spacial score (nSPS) is 11.8. The summed E-state index contributed by atoms with van der Waals surface area (Å²) < 4.78 is 15.5. The van der Waals surface area contributed by atoms with Crippen molar-refractivity contribution in [3.63, 3.8) is 0 Å². The molecule has 0 saturated heterocycles. The highest BCUT2D eigenvalue weighted by molar-refractivity contribution is 5.80. The largest absolute Gasteiger partial charge is 0.325 e. The van der Waals surface area contributed by atoms with Crippen LogP contribution in [0.25, 0.3) is 11.0 Å². The van der Waals surface area contributed by atoms with Crippen molar-refractivity contribution in [2.45, 2.75) is 26.3 Å². The molecular formula is C17H18FN3. The van der Waals surface area contributed by atoms with Crippen LogP contribution in [0.5, 0.6) is 0 Å². The average molecular weight is 283 g/mol. The molecule has 0 amide bonds. The lowest BCUT2D eigenvalue weighted by molar-refractivity contribution is 0.414. The van der Waals surface area contributed by atoms with Crippen LogP contribution in [0.15, 0.2) is 48.5 Å². The van der Waals surface area contributed by atoms with Gasteiger partial charge >= 0.3 is 0 Å². The molecule has 1 aromatic heterocycles. The number of anilines is 2. The Labute approximate surface area is 123 Å². The standard InChI is InChI=1S/C17H18FN3/c1-17(2,3)21-15-10-5-4-9-14(15)20-16(21)19-13-8-6-7-12(18)11-13/h4-11H,1-3H3,(H,19,20). The molecule has 0 atom stereocenters. The second-order valence-corrected chi connectivity index (χ2v) is 6.07. The quantitative estimate of drug-likeness (QED) is 0.740. The second-order valence-electron chi connectivity index (χ2n) is 6.07. The van der Waals surface area contributed by atoms with Gasteiger partial charge < -0.3 is 9.88 Å². The van der Waals surface area contributed by atoms with E-state index in [4.69, 9.17) is 0 Å². The number of para-hydroxylation sites is 2. The lowest BCUT2D eigenvalue weighted by Crippen LogP contribution is -2.23. The molecule has 0 radical (unpaired) electrons. The van der Waals surface area contributed by atoms with Crippen molar-refractivity contribution in [1.82, 2.24) is 9.55 Å². The minimum atomic E-state index is -0.265. The summed E-state index contributed by atoms with van der Waals surface area (Å²) in [6, 6.07) is 14.4. The maximum Gasteiger partial charge on any atom is 0.208 e. The van der Waals surface area contributed by atoms with Crippen LogP contribution in [0.2, 0.25) is 0 Å². The van der Waals surface area contributed by atoms with Gasteiger partial charge in [-0.3, -0.25) is 0 Å². The molecule has 108 valence electrons. The molecule has 0 bridgehead atoms. The number of rotatable bonds is 2. The predicted molar refractivity (Wildman–Crippen MR) is 84.4 cm³/mol. The summed E-state index contributed by atoms with van der Waals surface area (Å²) >= 11 is 0. The van der Waals surface area contributed by atoms with E-state index in [1.165, 1.54) is 12.1 Å². The van der Waals surface area contributed by atoms with Crippen molar-refractivity contribution in [1.29, 1.82) is 0 Å². The van der Waals surface area contributed by atoms with E-state index in [2.05, 4.69) is 35.6 Å². The maximum absolute atomic E-state index is 13.3. The third-order valence-corrected chi connectivity index (χ3v) is 3.31. The summed E-state index contributed by atoms with van der Waals surface area (Å²) in [5.74, 6) is 0.452. The average Bonchev–Trinajstić information content (AvgIpc) is 2.76. The summed E-state index contributed by atoms with van der Waals surface area (Å²) in [5, 5.41) is 3.22. The minimum absolute atomic E-state index is 0.133. The predicted octanol–water partition coefficient (Wildman–Crippen LogP) is 4.67. The number of imidazole rings is 1. The molecule has 4 heteroatoms. The van der Waals surface area contributed by atoms with E-state index in [0.717, 1.165) is 11.0 Å². The van der Waals surface area contributed by atoms with Crippen molar-refractivity contribution in [2.24, 2.45) is 0 Å². The fourth-order valence-corrected chi connectivity index (χ4v) is 2.48. The fourth-order valence-electron chi connectivity index (χ4n) is 2.48. The van der Waals surface area contributed by atoms with E-state index in [-0.39, 0.29) is 11.4 Å². The van der Waals surface area contributed by atoms with Crippen molar-refractivity contribution < 1.29 is 4.39 Å². The molecule has 2 aromatic carbocycles. The second kappa shape index (κ2) is 4.88. The van der Waals surface area contributed by atoms with Crippen LogP contribution in [0.3, 0.4) is 0 Å². The van der Waals surface area contributed by atoms with Crippen LogP contribution in [0.1, 0.15) is 20.8 Å². The highest BCUT2D eigenvalue weighted by Crippen LogP contribution is 2.29. The van der Waals surface area contributed by atoms with Crippen LogP contribution < -0.4 is 5.32 Å². The molecule has 3 rings (SSSR count). The lowest BCUT2D eigenvalue weighted by atomic mass is 10.1. The van der Waals surface area contributed by atoms with E-state index in [9.17, 15) is 4.39 Å². The van der Waals surface area contributed by atoms with Gasteiger partial charge in [-0.25, -0.2) is 9.37 Å². The maximum atomic E-state index is 13.3. The molecule has 0 saturated carbocycles. The van der Waals surface area contributed by atoms with E-state index in [1.807, 2.05) is 30.3 Å². The van der Waals surface area contributed by atoms with Crippen molar-refractivity contribution in [3.8, 4) is 0 Å². The number of hydrogen-bond acceptors (Lipinski definition) is 2. The molecule has 21 heavy (non-hydrogen) atoms. The number of nitrogens with one attached hydrogen (secondary N) is 1. The Balaban J connectivity index is 2.13. The van der Waals surface area contributed by atoms with Gasteiger partial charge in [0.05, 0.1) is 11.0 Å². The SMILES string of the molecule is CC(C)(C)n1c(Nc2cccc(F)c2)nc2ccccc21. The van der Waals surface area contributed by atoms with Gasteiger partial charge in [-0.15, -0.1) is 0 Å². The van der Waals surface area contributed by atoms with E-state index >= 15 is 0 Å². The Hall–Kier alpha value is -2.36. The molecule has 3 aromatic rings. The molecule has 0 spiro atoms. The zero-order valence-corrected chi connectivity index (χ0v) is 12.4. The molecule has 0 fully saturated rings. The first-order valence-electron chi connectivity index (χ1n) is 6.96. The Bertz CT molecular complexity index is 784. The van der Waals surface area contributed by atoms with E-state index < -0.39 is 0 Å². The minimum Gasteiger partial charge on any atom is -0.325 e. The van der Waals surface area contributed by atoms with Gasteiger partial charge in [0.1, 0.15) is 5.82 Å². The zero-order valence-electron chi connectivity index (χ0n) is 12.4. The summed E-state index contributed by atoms with van der Waals surface area (Å²) in [6.45, 7) is 6.37. The first-order valence-corrected chi connectivity index (χ1v) is 6.96. The summed E-state index contributed by atoms with van der Waals surface area (Å²) in [7, 11) is 0. The van der Waals surface area contributed by atoms with Crippen molar-refractivity contribution >= 4 is 22.7 Å². The molecule has 0 unspecified atom stereocenters.